The fraction of sp³-hybridized carbons (Fsp3) is 0.455. The zero-order valence-corrected chi connectivity index (χ0v) is 9.80. The van der Waals surface area contributed by atoms with Crippen LogP contribution in [0.3, 0.4) is 0 Å². The van der Waals surface area contributed by atoms with Gasteiger partial charge in [0.15, 0.2) is 0 Å². The van der Waals surface area contributed by atoms with E-state index in [0.29, 0.717) is 11.5 Å². The lowest BCUT2D eigenvalue weighted by atomic mass is 10.1. The Balaban J connectivity index is 1.97. The van der Waals surface area contributed by atoms with E-state index in [4.69, 9.17) is 5.73 Å². The predicted octanol–water partition coefficient (Wildman–Crippen LogP) is 1.29. The number of rotatable bonds is 2. The predicted molar refractivity (Wildman–Crippen MR) is 66.5 cm³/mol. The Labute approximate surface area is 99.0 Å². The monoisotopic (exact) mass is 237 g/mol. The summed E-state index contributed by atoms with van der Waals surface area (Å²) in [6.45, 7) is 0. The first kappa shape index (κ1) is 11.3. The van der Waals surface area contributed by atoms with E-state index in [-0.39, 0.29) is 11.9 Å². The van der Waals surface area contributed by atoms with Gasteiger partial charge in [-0.1, -0.05) is 6.07 Å². The van der Waals surface area contributed by atoms with Crippen LogP contribution < -0.4 is 11.1 Å². The molecule has 1 aromatic heterocycles. The number of aromatic nitrogens is 1. The van der Waals surface area contributed by atoms with E-state index in [0.717, 1.165) is 24.3 Å². The second kappa shape index (κ2) is 5.21. The normalized spacial score (nSPS) is 17.0. The van der Waals surface area contributed by atoms with Crippen LogP contribution in [-0.4, -0.2) is 28.4 Å². The largest absolute Gasteiger partial charge is 0.384 e. The molecule has 2 rings (SSSR count). The number of carbonyl (C=O) groups excluding carboxylic acids is 1. The smallest absolute Gasteiger partial charge is 0.270 e. The molecule has 86 valence electrons. The van der Waals surface area contributed by atoms with Gasteiger partial charge in [0.1, 0.15) is 11.5 Å². The number of thioether (sulfide) groups is 1. The molecule has 0 radical (unpaired) electrons. The van der Waals surface area contributed by atoms with Crippen molar-refractivity contribution in [3.05, 3.63) is 23.9 Å². The molecular weight excluding hydrogens is 222 g/mol. The zero-order chi connectivity index (χ0) is 11.4. The minimum atomic E-state index is -0.121. The van der Waals surface area contributed by atoms with E-state index in [1.54, 1.807) is 18.2 Å². The van der Waals surface area contributed by atoms with Crippen LogP contribution in [0.5, 0.6) is 0 Å². The van der Waals surface area contributed by atoms with Gasteiger partial charge in [-0.15, -0.1) is 0 Å². The summed E-state index contributed by atoms with van der Waals surface area (Å²) in [7, 11) is 0. The summed E-state index contributed by atoms with van der Waals surface area (Å²) in [5.74, 6) is 2.50. The summed E-state index contributed by atoms with van der Waals surface area (Å²) in [5, 5.41) is 2.99. The molecule has 2 heterocycles. The van der Waals surface area contributed by atoms with Crippen LogP contribution in [0, 0.1) is 0 Å². The van der Waals surface area contributed by atoms with Gasteiger partial charge in [0.05, 0.1) is 0 Å². The number of nitrogens with zero attached hydrogens (tertiary/aromatic N) is 1. The summed E-state index contributed by atoms with van der Waals surface area (Å²) in [4.78, 5) is 15.8. The van der Waals surface area contributed by atoms with Gasteiger partial charge in [-0.05, 0) is 36.5 Å². The number of anilines is 1. The minimum Gasteiger partial charge on any atom is -0.384 e. The summed E-state index contributed by atoms with van der Waals surface area (Å²) < 4.78 is 0. The van der Waals surface area contributed by atoms with Crippen molar-refractivity contribution in [2.75, 3.05) is 17.2 Å². The minimum absolute atomic E-state index is 0.121. The van der Waals surface area contributed by atoms with Crippen molar-refractivity contribution in [3.63, 3.8) is 0 Å². The highest BCUT2D eigenvalue weighted by molar-refractivity contribution is 7.99. The van der Waals surface area contributed by atoms with Gasteiger partial charge < -0.3 is 11.1 Å². The average Bonchev–Trinajstić information content (AvgIpc) is 2.30. The van der Waals surface area contributed by atoms with Crippen LogP contribution in [0.1, 0.15) is 23.3 Å². The van der Waals surface area contributed by atoms with Gasteiger partial charge in [0.25, 0.3) is 5.91 Å². The molecule has 0 saturated carbocycles. The van der Waals surface area contributed by atoms with Gasteiger partial charge in [-0.3, -0.25) is 4.79 Å². The third-order valence-electron chi connectivity index (χ3n) is 2.56. The van der Waals surface area contributed by atoms with Crippen LogP contribution in [-0.2, 0) is 0 Å². The Morgan fingerprint density at radius 3 is 2.88 bits per heavy atom. The number of carbonyl (C=O) groups is 1. The first-order chi connectivity index (χ1) is 7.75. The molecule has 4 nitrogen and oxygen atoms in total. The third kappa shape index (κ3) is 2.88. The van der Waals surface area contributed by atoms with Gasteiger partial charge in [0.2, 0.25) is 0 Å². The molecule has 1 saturated heterocycles. The number of amides is 1. The van der Waals surface area contributed by atoms with Gasteiger partial charge in [-0.2, -0.15) is 11.8 Å². The lowest BCUT2D eigenvalue weighted by Crippen LogP contribution is -2.37. The zero-order valence-electron chi connectivity index (χ0n) is 8.98. The summed E-state index contributed by atoms with van der Waals surface area (Å²) in [6.07, 6.45) is 2.08. The SMILES string of the molecule is Nc1cccc(C(=O)NC2CCSCC2)n1. The Kier molecular flexibility index (Phi) is 3.66. The maximum Gasteiger partial charge on any atom is 0.270 e. The number of hydrogen-bond acceptors (Lipinski definition) is 4. The van der Waals surface area contributed by atoms with Gasteiger partial charge >= 0.3 is 0 Å². The summed E-state index contributed by atoms with van der Waals surface area (Å²) >= 11 is 1.94. The standard InChI is InChI=1S/C11H15N3OS/c12-10-3-1-2-9(14-10)11(15)13-8-4-6-16-7-5-8/h1-3,8H,4-7H2,(H2,12,14)(H,13,15). The third-order valence-corrected chi connectivity index (χ3v) is 3.61. The molecule has 0 spiro atoms. The highest BCUT2D eigenvalue weighted by Crippen LogP contribution is 2.17. The molecule has 0 aliphatic carbocycles. The van der Waals surface area contributed by atoms with Crippen LogP contribution in [0.4, 0.5) is 5.82 Å². The Bertz CT molecular complexity index is 377. The first-order valence-corrected chi connectivity index (χ1v) is 6.52. The quantitative estimate of drug-likeness (QED) is 0.813. The lowest BCUT2D eigenvalue weighted by molar-refractivity contribution is 0.0930. The van der Waals surface area contributed by atoms with E-state index in [2.05, 4.69) is 10.3 Å². The lowest BCUT2D eigenvalue weighted by Gasteiger charge is -2.22. The molecule has 0 aromatic carbocycles. The molecule has 1 amide bonds. The Hall–Kier alpha value is -1.23. The van der Waals surface area contributed by atoms with E-state index in [1.165, 1.54) is 0 Å². The number of nitrogens with two attached hydrogens (primary N) is 1. The molecule has 1 aliphatic heterocycles. The molecular formula is C11H15N3OS. The molecule has 1 aromatic rings. The number of nitrogens with one attached hydrogen (secondary N) is 1. The Morgan fingerprint density at radius 2 is 2.19 bits per heavy atom. The molecule has 0 atom stereocenters. The van der Waals surface area contributed by atoms with Crippen molar-refractivity contribution in [1.29, 1.82) is 0 Å². The van der Waals surface area contributed by atoms with Crippen molar-refractivity contribution in [2.24, 2.45) is 0 Å². The van der Waals surface area contributed by atoms with Crippen LogP contribution in [0.2, 0.25) is 0 Å². The van der Waals surface area contributed by atoms with Crippen LogP contribution in [0.15, 0.2) is 18.2 Å². The molecule has 0 unspecified atom stereocenters. The molecule has 5 heteroatoms. The second-order valence-corrected chi connectivity index (χ2v) is 5.03. The number of hydrogen-bond donors (Lipinski definition) is 2. The highest BCUT2D eigenvalue weighted by Gasteiger charge is 2.17. The summed E-state index contributed by atoms with van der Waals surface area (Å²) in [6, 6.07) is 5.39. The number of pyridine rings is 1. The van der Waals surface area contributed by atoms with Crippen LogP contribution in [0.25, 0.3) is 0 Å². The molecule has 3 N–H and O–H groups in total. The van der Waals surface area contributed by atoms with Crippen molar-refractivity contribution in [1.82, 2.24) is 10.3 Å². The Morgan fingerprint density at radius 1 is 1.44 bits per heavy atom. The topological polar surface area (TPSA) is 68.0 Å². The van der Waals surface area contributed by atoms with Crippen molar-refractivity contribution < 1.29 is 4.79 Å². The molecule has 1 fully saturated rings. The number of nitrogen functional groups attached to an aromatic ring is 1. The van der Waals surface area contributed by atoms with E-state index in [9.17, 15) is 4.79 Å². The van der Waals surface area contributed by atoms with E-state index < -0.39 is 0 Å². The van der Waals surface area contributed by atoms with Crippen molar-refractivity contribution in [3.8, 4) is 0 Å². The summed E-state index contributed by atoms with van der Waals surface area (Å²) in [5.41, 5.74) is 5.94. The first-order valence-electron chi connectivity index (χ1n) is 5.37. The van der Waals surface area contributed by atoms with Gasteiger partial charge in [0, 0.05) is 6.04 Å². The van der Waals surface area contributed by atoms with E-state index >= 15 is 0 Å². The molecule has 1 aliphatic rings. The van der Waals surface area contributed by atoms with Crippen molar-refractivity contribution >= 4 is 23.5 Å². The van der Waals surface area contributed by atoms with Crippen molar-refractivity contribution in [2.45, 2.75) is 18.9 Å². The molecule has 0 bridgehead atoms. The molecule has 16 heavy (non-hydrogen) atoms. The van der Waals surface area contributed by atoms with E-state index in [1.807, 2.05) is 11.8 Å². The van der Waals surface area contributed by atoms with Gasteiger partial charge in [-0.25, -0.2) is 4.98 Å². The average molecular weight is 237 g/mol. The highest BCUT2D eigenvalue weighted by atomic mass is 32.2. The fourth-order valence-electron chi connectivity index (χ4n) is 1.68. The maximum atomic E-state index is 11.8. The van der Waals surface area contributed by atoms with Crippen LogP contribution >= 0.6 is 11.8 Å². The maximum absolute atomic E-state index is 11.8. The fourth-order valence-corrected chi connectivity index (χ4v) is 2.79. The second-order valence-electron chi connectivity index (χ2n) is 3.81.